The lowest BCUT2D eigenvalue weighted by Gasteiger charge is -2.30. The minimum Gasteiger partial charge on any atom is -0.247 e. The standard InChI is InChI=1S/C8H16IN/c1-7(2)8-4-3-5-10(9)6-8/h7-8H,3-6H2,1-2H3/t8-/m0/s1. The van der Waals surface area contributed by atoms with E-state index < -0.39 is 0 Å². The molecule has 0 bridgehead atoms. The fourth-order valence-corrected chi connectivity index (χ4v) is 2.35. The first-order chi connectivity index (χ1) is 4.70. The first-order valence-electron chi connectivity index (χ1n) is 4.11. The number of halogens is 1. The molecule has 0 spiro atoms. The van der Waals surface area contributed by atoms with Crippen molar-refractivity contribution in [2.45, 2.75) is 26.7 Å². The van der Waals surface area contributed by atoms with E-state index in [9.17, 15) is 0 Å². The largest absolute Gasteiger partial charge is 0.247 e. The fraction of sp³-hybridized carbons (Fsp3) is 1.00. The Morgan fingerprint density at radius 2 is 2.20 bits per heavy atom. The highest BCUT2D eigenvalue weighted by molar-refractivity contribution is 14.1. The van der Waals surface area contributed by atoms with Gasteiger partial charge in [0.1, 0.15) is 0 Å². The minimum absolute atomic E-state index is 0.873. The Hall–Kier alpha value is 0.690. The highest BCUT2D eigenvalue weighted by atomic mass is 127. The number of piperidine rings is 1. The predicted octanol–water partition coefficient (Wildman–Crippen LogP) is 2.70. The van der Waals surface area contributed by atoms with Crippen LogP contribution in [0.3, 0.4) is 0 Å². The molecule has 1 heterocycles. The van der Waals surface area contributed by atoms with Gasteiger partial charge in [0, 0.05) is 36.0 Å². The Labute approximate surface area is 77.7 Å². The Kier molecular flexibility index (Phi) is 3.43. The molecule has 1 fully saturated rings. The van der Waals surface area contributed by atoms with Crippen LogP contribution >= 0.6 is 22.9 Å². The second kappa shape index (κ2) is 3.90. The van der Waals surface area contributed by atoms with Gasteiger partial charge in [-0.3, -0.25) is 0 Å². The van der Waals surface area contributed by atoms with Crippen molar-refractivity contribution in [1.29, 1.82) is 0 Å². The second-order valence-corrected chi connectivity index (χ2v) is 4.88. The third-order valence-corrected chi connectivity index (χ3v) is 3.23. The minimum atomic E-state index is 0.873. The summed E-state index contributed by atoms with van der Waals surface area (Å²) in [6.45, 7) is 7.27. The van der Waals surface area contributed by atoms with Crippen LogP contribution in [0.15, 0.2) is 0 Å². The molecule has 1 aliphatic rings. The number of hydrogen-bond donors (Lipinski definition) is 0. The fourth-order valence-electron chi connectivity index (χ4n) is 1.51. The molecule has 0 aromatic carbocycles. The first-order valence-corrected chi connectivity index (χ1v) is 5.07. The van der Waals surface area contributed by atoms with Gasteiger partial charge >= 0.3 is 0 Å². The summed E-state index contributed by atoms with van der Waals surface area (Å²) in [7, 11) is 0. The van der Waals surface area contributed by atoms with Crippen LogP contribution in [-0.4, -0.2) is 16.2 Å². The summed E-state index contributed by atoms with van der Waals surface area (Å²) in [6.07, 6.45) is 2.84. The zero-order chi connectivity index (χ0) is 7.56. The van der Waals surface area contributed by atoms with Crippen molar-refractivity contribution < 1.29 is 0 Å². The van der Waals surface area contributed by atoms with E-state index in [1.54, 1.807) is 0 Å². The van der Waals surface area contributed by atoms with Gasteiger partial charge in [0.15, 0.2) is 0 Å². The van der Waals surface area contributed by atoms with Crippen molar-refractivity contribution in [3.05, 3.63) is 0 Å². The van der Waals surface area contributed by atoms with Crippen LogP contribution in [-0.2, 0) is 0 Å². The lowest BCUT2D eigenvalue weighted by molar-refractivity contribution is 0.244. The van der Waals surface area contributed by atoms with Gasteiger partial charge in [-0.1, -0.05) is 13.8 Å². The third kappa shape index (κ3) is 2.38. The topological polar surface area (TPSA) is 3.24 Å². The number of nitrogens with zero attached hydrogens (tertiary/aromatic N) is 1. The van der Waals surface area contributed by atoms with Crippen molar-refractivity contribution in [1.82, 2.24) is 3.11 Å². The van der Waals surface area contributed by atoms with E-state index >= 15 is 0 Å². The highest BCUT2D eigenvalue weighted by Crippen LogP contribution is 2.24. The highest BCUT2D eigenvalue weighted by Gasteiger charge is 2.20. The molecular formula is C8H16IN. The Bertz CT molecular complexity index is 103. The summed E-state index contributed by atoms with van der Waals surface area (Å²) in [4.78, 5) is 0. The van der Waals surface area contributed by atoms with Crippen LogP contribution in [0, 0.1) is 11.8 Å². The van der Waals surface area contributed by atoms with E-state index in [1.807, 2.05) is 0 Å². The van der Waals surface area contributed by atoms with Gasteiger partial charge < -0.3 is 0 Å². The van der Waals surface area contributed by atoms with E-state index in [0.717, 1.165) is 11.8 Å². The quantitative estimate of drug-likeness (QED) is 0.513. The summed E-state index contributed by atoms with van der Waals surface area (Å²) >= 11 is 2.44. The Morgan fingerprint density at radius 3 is 2.60 bits per heavy atom. The van der Waals surface area contributed by atoms with E-state index in [1.165, 1.54) is 25.9 Å². The second-order valence-electron chi connectivity index (χ2n) is 3.52. The van der Waals surface area contributed by atoms with Gasteiger partial charge in [0.2, 0.25) is 0 Å². The molecule has 1 nitrogen and oxygen atoms in total. The molecule has 1 rings (SSSR count). The van der Waals surface area contributed by atoms with E-state index in [-0.39, 0.29) is 0 Å². The third-order valence-electron chi connectivity index (χ3n) is 2.35. The maximum Gasteiger partial charge on any atom is 0.0201 e. The van der Waals surface area contributed by atoms with Crippen LogP contribution in [0.1, 0.15) is 26.7 Å². The van der Waals surface area contributed by atoms with E-state index in [0.29, 0.717) is 0 Å². The molecule has 0 unspecified atom stereocenters. The maximum atomic E-state index is 2.44. The molecule has 0 N–H and O–H groups in total. The Morgan fingerprint density at radius 1 is 1.50 bits per heavy atom. The average molecular weight is 253 g/mol. The summed E-state index contributed by atoms with van der Waals surface area (Å²) in [5, 5.41) is 0. The molecule has 1 aliphatic heterocycles. The molecule has 0 radical (unpaired) electrons. The normalized spacial score (nSPS) is 29.4. The van der Waals surface area contributed by atoms with Crippen molar-refractivity contribution in [2.24, 2.45) is 11.8 Å². The van der Waals surface area contributed by atoms with Gasteiger partial charge in [0.25, 0.3) is 0 Å². The van der Waals surface area contributed by atoms with Crippen molar-refractivity contribution in [3.63, 3.8) is 0 Å². The van der Waals surface area contributed by atoms with Crippen LogP contribution < -0.4 is 0 Å². The smallest absolute Gasteiger partial charge is 0.0201 e. The van der Waals surface area contributed by atoms with Crippen LogP contribution in [0.4, 0.5) is 0 Å². The molecule has 1 atom stereocenters. The summed E-state index contributed by atoms with van der Waals surface area (Å²) in [6, 6.07) is 0. The summed E-state index contributed by atoms with van der Waals surface area (Å²) < 4.78 is 2.42. The first kappa shape index (κ1) is 8.78. The zero-order valence-corrected chi connectivity index (χ0v) is 8.97. The molecule has 1 saturated heterocycles. The van der Waals surface area contributed by atoms with Gasteiger partial charge in [-0.2, -0.15) is 0 Å². The lowest BCUT2D eigenvalue weighted by Crippen LogP contribution is -2.30. The van der Waals surface area contributed by atoms with Crippen molar-refractivity contribution in [2.75, 3.05) is 13.1 Å². The van der Waals surface area contributed by atoms with Crippen molar-refractivity contribution >= 4 is 22.9 Å². The number of hydrogen-bond acceptors (Lipinski definition) is 1. The molecular weight excluding hydrogens is 237 g/mol. The zero-order valence-electron chi connectivity index (χ0n) is 6.81. The molecule has 0 saturated carbocycles. The average Bonchev–Trinajstić information content (AvgIpc) is 1.88. The van der Waals surface area contributed by atoms with Gasteiger partial charge in [0.05, 0.1) is 0 Å². The van der Waals surface area contributed by atoms with Gasteiger partial charge in [-0.25, -0.2) is 3.11 Å². The molecule has 10 heavy (non-hydrogen) atoms. The monoisotopic (exact) mass is 253 g/mol. The molecule has 0 aliphatic carbocycles. The molecule has 60 valence electrons. The van der Waals surface area contributed by atoms with Crippen LogP contribution in [0.5, 0.6) is 0 Å². The van der Waals surface area contributed by atoms with Gasteiger partial charge in [-0.15, -0.1) is 0 Å². The Balaban J connectivity index is 2.32. The van der Waals surface area contributed by atoms with Crippen LogP contribution in [0.25, 0.3) is 0 Å². The molecule has 2 heteroatoms. The number of rotatable bonds is 1. The maximum absolute atomic E-state index is 2.44. The van der Waals surface area contributed by atoms with Crippen LogP contribution in [0.2, 0.25) is 0 Å². The lowest BCUT2D eigenvalue weighted by atomic mass is 9.89. The van der Waals surface area contributed by atoms with E-state index in [2.05, 4.69) is 39.8 Å². The molecule has 0 aromatic rings. The predicted molar refractivity (Wildman–Crippen MR) is 53.2 cm³/mol. The molecule has 0 aromatic heterocycles. The summed E-state index contributed by atoms with van der Waals surface area (Å²) in [5.41, 5.74) is 0. The summed E-state index contributed by atoms with van der Waals surface area (Å²) in [5.74, 6) is 1.82. The van der Waals surface area contributed by atoms with E-state index in [4.69, 9.17) is 0 Å². The van der Waals surface area contributed by atoms with Gasteiger partial charge in [-0.05, 0) is 24.7 Å². The molecule has 0 amide bonds. The van der Waals surface area contributed by atoms with Crippen molar-refractivity contribution in [3.8, 4) is 0 Å². The SMILES string of the molecule is CC(C)[C@H]1CCCN(I)C1.